The largest absolute Gasteiger partial charge is 0.481 e. The van der Waals surface area contributed by atoms with Gasteiger partial charge in [0.1, 0.15) is 17.5 Å². The van der Waals surface area contributed by atoms with E-state index in [1.807, 2.05) is 30.1 Å². The number of nitrogens with zero attached hydrogens (tertiary/aromatic N) is 7. The molecule has 4 aromatic heterocycles. The molecule has 1 fully saturated rings. The molecule has 1 atom stereocenters. The molecule has 1 aliphatic heterocycles. The molecule has 9 heteroatoms. The van der Waals surface area contributed by atoms with Crippen molar-refractivity contribution >= 4 is 11.5 Å². The van der Waals surface area contributed by atoms with E-state index in [2.05, 4.69) is 20.0 Å². The molecule has 1 aliphatic rings. The van der Waals surface area contributed by atoms with Crippen molar-refractivity contribution in [3.63, 3.8) is 0 Å². The molecule has 8 nitrogen and oxygen atoms in total. The Morgan fingerprint density at radius 2 is 2.10 bits per heavy atom. The summed E-state index contributed by atoms with van der Waals surface area (Å²) in [6, 6.07) is 3.38. The molecule has 0 amide bonds. The van der Waals surface area contributed by atoms with Crippen LogP contribution in [0.3, 0.4) is 0 Å². The maximum absolute atomic E-state index is 13.9. The van der Waals surface area contributed by atoms with Crippen molar-refractivity contribution in [2.75, 3.05) is 18.6 Å². The molecule has 0 radical (unpaired) electrons. The number of hydrogen-bond acceptors (Lipinski definition) is 6. The topological polar surface area (TPSA) is 73.4 Å². The van der Waals surface area contributed by atoms with E-state index in [0.29, 0.717) is 5.88 Å². The van der Waals surface area contributed by atoms with Gasteiger partial charge in [0.25, 0.3) is 0 Å². The van der Waals surface area contributed by atoms with Crippen LogP contribution in [0.25, 0.3) is 17.0 Å². The van der Waals surface area contributed by atoms with Crippen LogP contribution in [0, 0.1) is 5.82 Å². The van der Waals surface area contributed by atoms with Crippen molar-refractivity contribution in [1.82, 2.24) is 29.1 Å². The van der Waals surface area contributed by atoms with Crippen molar-refractivity contribution in [3.05, 3.63) is 54.5 Å². The molecular weight excluding hydrogens is 373 g/mol. The van der Waals surface area contributed by atoms with E-state index in [4.69, 9.17) is 9.72 Å². The number of ether oxygens (including phenoxy) is 1. The lowest BCUT2D eigenvalue weighted by atomic mass is 10.1. The van der Waals surface area contributed by atoms with Gasteiger partial charge in [-0.15, -0.1) is 0 Å². The Bertz CT molecular complexity index is 1180. The van der Waals surface area contributed by atoms with Crippen molar-refractivity contribution in [1.29, 1.82) is 0 Å². The summed E-state index contributed by atoms with van der Waals surface area (Å²) in [7, 11) is 3.49. The molecular formula is C20H20FN7O. The maximum atomic E-state index is 13.9. The Hall–Kier alpha value is -3.49. The first-order chi connectivity index (χ1) is 14.2. The highest BCUT2D eigenvalue weighted by Crippen LogP contribution is 2.39. The zero-order chi connectivity index (χ0) is 20.0. The van der Waals surface area contributed by atoms with Gasteiger partial charge < -0.3 is 14.2 Å². The molecule has 4 aromatic rings. The number of aryl methyl sites for hydroxylation is 1. The number of imidazole rings is 1. The zero-order valence-corrected chi connectivity index (χ0v) is 16.2. The molecule has 0 aliphatic carbocycles. The van der Waals surface area contributed by atoms with Gasteiger partial charge in [-0.05, 0) is 25.0 Å². The monoisotopic (exact) mass is 393 g/mol. The third-order valence-electron chi connectivity index (χ3n) is 5.36. The first kappa shape index (κ1) is 17.6. The Morgan fingerprint density at radius 1 is 1.21 bits per heavy atom. The van der Waals surface area contributed by atoms with Crippen LogP contribution in [0.5, 0.6) is 5.88 Å². The summed E-state index contributed by atoms with van der Waals surface area (Å²) in [6.07, 6.45) is 10.3. The van der Waals surface area contributed by atoms with Crippen LogP contribution in [0.1, 0.15) is 24.4 Å². The van der Waals surface area contributed by atoms with E-state index in [9.17, 15) is 4.39 Å². The van der Waals surface area contributed by atoms with E-state index in [1.165, 1.54) is 12.3 Å². The van der Waals surface area contributed by atoms with E-state index in [1.54, 1.807) is 24.0 Å². The molecule has 0 aromatic carbocycles. The van der Waals surface area contributed by atoms with Gasteiger partial charge in [-0.3, -0.25) is 0 Å². The summed E-state index contributed by atoms with van der Waals surface area (Å²) in [4.78, 5) is 15.6. The van der Waals surface area contributed by atoms with Gasteiger partial charge in [-0.1, -0.05) is 0 Å². The van der Waals surface area contributed by atoms with Gasteiger partial charge in [0.05, 0.1) is 31.1 Å². The van der Waals surface area contributed by atoms with Gasteiger partial charge in [0.15, 0.2) is 5.65 Å². The molecule has 5 rings (SSSR count). The lowest BCUT2D eigenvalue weighted by molar-refractivity contribution is 0.385. The second-order valence-corrected chi connectivity index (χ2v) is 7.08. The number of anilines is 1. The van der Waals surface area contributed by atoms with Crippen LogP contribution in [0.2, 0.25) is 0 Å². The first-order valence-electron chi connectivity index (χ1n) is 9.44. The molecule has 0 spiro atoms. The highest BCUT2D eigenvalue weighted by Gasteiger charge is 2.31. The summed E-state index contributed by atoms with van der Waals surface area (Å²) in [5.74, 6) is 1.69. The van der Waals surface area contributed by atoms with Crippen molar-refractivity contribution in [2.45, 2.75) is 18.9 Å². The summed E-state index contributed by atoms with van der Waals surface area (Å²) in [5, 5.41) is 4.40. The predicted molar refractivity (Wildman–Crippen MR) is 105 cm³/mol. The number of fused-ring (bicyclic) bond motifs is 1. The summed E-state index contributed by atoms with van der Waals surface area (Å²) < 4.78 is 23.0. The summed E-state index contributed by atoms with van der Waals surface area (Å²) in [6.45, 7) is 0.819. The van der Waals surface area contributed by atoms with Gasteiger partial charge in [0, 0.05) is 37.7 Å². The molecule has 0 saturated carbocycles. The fourth-order valence-electron chi connectivity index (χ4n) is 4.02. The van der Waals surface area contributed by atoms with Crippen LogP contribution < -0.4 is 9.64 Å². The Morgan fingerprint density at radius 3 is 2.90 bits per heavy atom. The third kappa shape index (κ3) is 2.89. The summed E-state index contributed by atoms with van der Waals surface area (Å²) >= 11 is 0. The molecule has 29 heavy (non-hydrogen) atoms. The number of methoxy groups -OCH3 is 1. The highest BCUT2D eigenvalue weighted by atomic mass is 19.1. The SMILES string of the molecule is COc1ncc(F)cc1[C@H]1CCCN1c1ccn2ncc(-c3nccn3C)c2n1. The van der Waals surface area contributed by atoms with Crippen LogP contribution in [0.4, 0.5) is 10.2 Å². The fourth-order valence-corrected chi connectivity index (χ4v) is 4.02. The normalized spacial score (nSPS) is 16.7. The summed E-state index contributed by atoms with van der Waals surface area (Å²) in [5.41, 5.74) is 2.33. The molecule has 5 heterocycles. The van der Waals surface area contributed by atoms with Crippen LogP contribution in [-0.4, -0.2) is 42.8 Å². The zero-order valence-electron chi connectivity index (χ0n) is 16.2. The Labute approximate surface area is 166 Å². The highest BCUT2D eigenvalue weighted by molar-refractivity contribution is 5.73. The van der Waals surface area contributed by atoms with E-state index >= 15 is 0 Å². The molecule has 148 valence electrons. The van der Waals surface area contributed by atoms with Gasteiger partial charge in [-0.2, -0.15) is 5.10 Å². The van der Waals surface area contributed by atoms with Crippen molar-refractivity contribution < 1.29 is 9.13 Å². The van der Waals surface area contributed by atoms with Gasteiger partial charge in [-0.25, -0.2) is 23.9 Å². The maximum Gasteiger partial charge on any atom is 0.218 e. The van der Waals surface area contributed by atoms with E-state index in [-0.39, 0.29) is 11.9 Å². The molecule has 0 bridgehead atoms. The predicted octanol–water partition coefficient (Wildman–Crippen LogP) is 3.01. The third-order valence-corrected chi connectivity index (χ3v) is 5.36. The van der Waals surface area contributed by atoms with E-state index in [0.717, 1.165) is 47.8 Å². The van der Waals surface area contributed by atoms with Crippen LogP contribution in [-0.2, 0) is 7.05 Å². The minimum atomic E-state index is -0.371. The quantitative estimate of drug-likeness (QED) is 0.531. The van der Waals surface area contributed by atoms with E-state index < -0.39 is 0 Å². The van der Waals surface area contributed by atoms with Crippen LogP contribution >= 0.6 is 0 Å². The average Bonchev–Trinajstić information content (AvgIpc) is 3.46. The second kappa shape index (κ2) is 6.84. The van der Waals surface area contributed by atoms with Gasteiger partial charge >= 0.3 is 0 Å². The lowest BCUT2D eigenvalue weighted by Crippen LogP contribution is -2.24. The first-order valence-corrected chi connectivity index (χ1v) is 9.44. The molecule has 0 unspecified atom stereocenters. The number of hydrogen-bond donors (Lipinski definition) is 0. The molecule has 1 saturated heterocycles. The number of halogens is 1. The second-order valence-electron chi connectivity index (χ2n) is 7.08. The minimum absolute atomic E-state index is 0.0531. The van der Waals surface area contributed by atoms with Crippen LogP contribution in [0.15, 0.2) is 43.1 Å². The van der Waals surface area contributed by atoms with Crippen molar-refractivity contribution in [3.8, 4) is 17.3 Å². The standard InChI is InChI=1S/C20H20FN7O/c1-26-9-6-22-18(26)15-12-24-28-8-5-17(25-19(15)28)27-7-3-4-16(27)14-10-13(21)11-23-20(14)29-2/h5-6,8-12,16H,3-4,7H2,1-2H3/t16-/m1/s1. The molecule has 0 N–H and O–H groups in total. The minimum Gasteiger partial charge on any atom is -0.481 e. The Balaban J connectivity index is 1.58. The number of pyridine rings is 1. The average molecular weight is 393 g/mol. The number of rotatable bonds is 4. The van der Waals surface area contributed by atoms with Crippen molar-refractivity contribution in [2.24, 2.45) is 7.05 Å². The smallest absolute Gasteiger partial charge is 0.218 e. The fraction of sp³-hybridized carbons (Fsp3) is 0.300. The Kier molecular flexibility index (Phi) is 4.15. The number of aromatic nitrogens is 6. The lowest BCUT2D eigenvalue weighted by Gasteiger charge is -2.27. The van der Waals surface area contributed by atoms with Gasteiger partial charge in [0.2, 0.25) is 5.88 Å².